The molecule has 1 aliphatic heterocycles. The molecule has 0 spiro atoms. The van der Waals surface area contributed by atoms with Crippen LogP contribution in [-0.4, -0.2) is 33.9 Å². The van der Waals surface area contributed by atoms with Crippen molar-refractivity contribution in [1.82, 2.24) is 9.24 Å². The minimum Gasteiger partial charge on any atom is -0.369 e. The molecule has 0 bridgehead atoms. The predicted molar refractivity (Wildman–Crippen MR) is 115 cm³/mol. The second-order valence-corrected chi connectivity index (χ2v) is 9.07. The molecule has 2 fully saturated rings. The van der Waals surface area contributed by atoms with Gasteiger partial charge < -0.3 is 21.3 Å². The monoisotopic (exact) mass is 414 g/mol. The highest BCUT2D eigenvalue weighted by atomic mass is 19.1. The summed E-state index contributed by atoms with van der Waals surface area (Å²) in [5.74, 6) is 5.21. The van der Waals surface area contributed by atoms with Gasteiger partial charge in [0.15, 0.2) is 0 Å². The van der Waals surface area contributed by atoms with Crippen LogP contribution in [0.1, 0.15) is 44.7 Å². The van der Waals surface area contributed by atoms with Crippen molar-refractivity contribution < 1.29 is 4.39 Å². The zero-order valence-electron chi connectivity index (χ0n) is 17.5. The summed E-state index contributed by atoms with van der Waals surface area (Å²) in [5, 5.41) is 0.115. The van der Waals surface area contributed by atoms with E-state index in [0.717, 1.165) is 19.3 Å². The van der Waals surface area contributed by atoms with E-state index in [1.165, 1.54) is 10.6 Å². The number of hydrogen-bond donors (Lipinski definition) is 2. The molecule has 2 atom stereocenters. The molecule has 160 valence electrons. The Morgan fingerprint density at radius 1 is 1.30 bits per heavy atom. The highest BCUT2D eigenvalue weighted by Crippen LogP contribution is 2.39. The molecule has 1 saturated carbocycles. The molecule has 2 aliphatic rings. The van der Waals surface area contributed by atoms with Gasteiger partial charge in [0, 0.05) is 44.5 Å². The van der Waals surface area contributed by atoms with Crippen LogP contribution in [-0.2, 0) is 0 Å². The second-order valence-electron chi connectivity index (χ2n) is 9.07. The molecule has 1 aliphatic carbocycles. The number of hydrogen-bond acceptors (Lipinski definition) is 5. The van der Waals surface area contributed by atoms with Gasteiger partial charge in [-0.3, -0.25) is 9.36 Å². The Morgan fingerprint density at radius 2 is 1.97 bits per heavy atom. The van der Waals surface area contributed by atoms with Gasteiger partial charge in [-0.1, -0.05) is 0 Å². The summed E-state index contributed by atoms with van der Waals surface area (Å²) in [5.41, 5.74) is 5.81. The minimum atomic E-state index is -0.698. The van der Waals surface area contributed by atoms with E-state index >= 15 is 4.39 Å². The summed E-state index contributed by atoms with van der Waals surface area (Å²) in [4.78, 5) is 30.8. The van der Waals surface area contributed by atoms with Crippen molar-refractivity contribution in [3.8, 4) is 0 Å². The molecule has 2 unspecified atom stereocenters. The van der Waals surface area contributed by atoms with E-state index in [9.17, 15) is 9.59 Å². The van der Waals surface area contributed by atoms with Crippen LogP contribution in [0.15, 0.2) is 15.7 Å². The van der Waals surface area contributed by atoms with Gasteiger partial charge in [-0.05, 0) is 32.3 Å². The van der Waals surface area contributed by atoms with E-state index in [1.807, 2.05) is 18.7 Å². The molecule has 1 saturated heterocycles. The molecule has 1 aromatic carbocycles. The summed E-state index contributed by atoms with van der Waals surface area (Å²) in [6.45, 7) is 13.9. The first-order valence-corrected chi connectivity index (χ1v) is 10.2. The maximum Gasteiger partial charge on any atom is 0.350 e. The van der Waals surface area contributed by atoms with E-state index in [-0.39, 0.29) is 23.4 Å². The first kappa shape index (κ1) is 20.4. The first-order chi connectivity index (χ1) is 14.1. The molecular formula is C21H27FN6O2. The van der Waals surface area contributed by atoms with Gasteiger partial charge in [0.1, 0.15) is 5.82 Å². The van der Waals surface area contributed by atoms with Crippen molar-refractivity contribution in [3.05, 3.63) is 49.7 Å². The van der Waals surface area contributed by atoms with Crippen LogP contribution in [0.4, 0.5) is 10.1 Å². The lowest BCUT2D eigenvalue weighted by molar-refractivity contribution is 0.355. The molecular weight excluding hydrogens is 387 g/mol. The van der Waals surface area contributed by atoms with Crippen molar-refractivity contribution in [2.24, 2.45) is 11.7 Å². The quantitative estimate of drug-likeness (QED) is 0.583. The maximum atomic E-state index is 15.2. The molecule has 1 aromatic heterocycles. The SMILES string of the molecule is [C-]#[N+]C(C)(C)C(N)C1CCN(c2c(F)cc3c(=O)n(N)c(=O)n(C4CC4)c3c2C)C1. The van der Waals surface area contributed by atoms with Crippen LogP contribution >= 0.6 is 0 Å². The van der Waals surface area contributed by atoms with Gasteiger partial charge in [-0.2, -0.15) is 4.68 Å². The normalized spacial score (nSPS) is 20.5. The van der Waals surface area contributed by atoms with E-state index in [1.54, 1.807) is 6.92 Å². The number of halogens is 1. The molecule has 30 heavy (non-hydrogen) atoms. The fourth-order valence-corrected chi connectivity index (χ4v) is 4.65. The predicted octanol–water partition coefficient (Wildman–Crippen LogP) is 1.51. The molecule has 0 amide bonds. The molecule has 2 aromatic rings. The lowest BCUT2D eigenvalue weighted by atomic mass is 9.85. The standard InChI is InChI=1S/C21H27FN6O2/c1-11-16-14(19(29)28(24)20(30)27(16)13-5-6-13)9-15(22)17(11)26-8-7-12(10-26)18(23)21(2,3)25-4/h9,12-13,18H,5-8,10,23-24H2,1-3H3. The molecule has 9 heteroatoms. The highest BCUT2D eigenvalue weighted by Gasteiger charge is 2.42. The molecule has 4 rings (SSSR count). The van der Waals surface area contributed by atoms with Crippen molar-refractivity contribution >= 4 is 16.6 Å². The Bertz CT molecular complexity index is 1190. The average molecular weight is 414 g/mol. The summed E-state index contributed by atoms with van der Waals surface area (Å²) in [7, 11) is 0. The van der Waals surface area contributed by atoms with Gasteiger partial charge in [0.2, 0.25) is 5.54 Å². The fraction of sp³-hybridized carbons (Fsp3) is 0.571. The third kappa shape index (κ3) is 2.98. The third-order valence-electron chi connectivity index (χ3n) is 6.63. The summed E-state index contributed by atoms with van der Waals surface area (Å²) in [6, 6.07) is 0.836. The summed E-state index contributed by atoms with van der Waals surface area (Å²) in [6.07, 6.45) is 2.40. The number of benzene rings is 1. The van der Waals surface area contributed by atoms with E-state index in [0.29, 0.717) is 34.5 Å². The van der Waals surface area contributed by atoms with Gasteiger partial charge in [0.05, 0.1) is 22.6 Å². The van der Waals surface area contributed by atoms with Crippen molar-refractivity contribution in [2.75, 3.05) is 23.8 Å². The Balaban J connectivity index is 1.83. The van der Waals surface area contributed by atoms with Gasteiger partial charge in [-0.15, -0.1) is 0 Å². The lowest BCUT2D eigenvalue weighted by Gasteiger charge is -2.27. The van der Waals surface area contributed by atoms with Gasteiger partial charge >= 0.3 is 5.69 Å². The largest absolute Gasteiger partial charge is 0.369 e. The number of nitrogen functional groups attached to an aromatic ring is 1. The van der Waals surface area contributed by atoms with Crippen molar-refractivity contribution in [1.29, 1.82) is 0 Å². The van der Waals surface area contributed by atoms with Gasteiger partial charge in [0.25, 0.3) is 5.56 Å². The zero-order chi connectivity index (χ0) is 22.0. The Kier molecular flexibility index (Phi) is 4.66. The third-order valence-corrected chi connectivity index (χ3v) is 6.63. The first-order valence-electron chi connectivity index (χ1n) is 10.2. The number of rotatable bonds is 4. The van der Waals surface area contributed by atoms with E-state index in [4.69, 9.17) is 18.1 Å². The summed E-state index contributed by atoms with van der Waals surface area (Å²) < 4.78 is 17.3. The van der Waals surface area contributed by atoms with Crippen LogP contribution < -0.4 is 27.7 Å². The number of aryl methyl sites for hydroxylation is 1. The summed E-state index contributed by atoms with van der Waals surface area (Å²) >= 11 is 0. The van der Waals surface area contributed by atoms with Crippen LogP contribution in [0.2, 0.25) is 0 Å². The highest BCUT2D eigenvalue weighted by molar-refractivity contribution is 5.87. The molecule has 4 N–H and O–H groups in total. The Morgan fingerprint density at radius 3 is 2.57 bits per heavy atom. The number of fused-ring (bicyclic) bond motifs is 1. The Labute approximate surface area is 173 Å². The van der Waals surface area contributed by atoms with Crippen LogP contribution in [0.25, 0.3) is 15.7 Å². The minimum absolute atomic E-state index is 0.0216. The van der Waals surface area contributed by atoms with Crippen LogP contribution in [0.3, 0.4) is 0 Å². The zero-order valence-corrected chi connectivity index (χ0v) is 17.5. The van der Waals surface area contributed by atoms with E-state index < -0.39 is 22.6 Å². The van der Waals surface area contributed by atoms with Crippen molar-refractivity contribution in [3.63, 3.8) is 0 Å². The molecule has 2 heterocycles. The number of nitrogens with zero attached hydrogens (tertiary/aromatic N) is 4. The van der Waals surface area contributed by atoms with Gasteiger partial charge in [-0.25, -0.2) is 15.8 Å². The maximum absolute atomic E-state index is 15.2. The molecule has 0 radical (unpaired) electrons. The van der Waals surface area contributed by atoms with E-state index in [2.05, 4.69) is 4.85 Å². The number of anilines is 1. The topological polar surface area (TPSA) is 104 Å². The lowest BCUT2D eigenvalue weighted by Crippen LogP contribution is -2.47. The second kappa shape index (κ2) is 6.84. The average Bonchev–Trinajstić information content (AvgIpc) is 3.43. The van der Waals surface area contributed by atoms with Crippen LogP contribution in [0.5, 0.6) is 0 Å². The fourth-order valence-electron chi connectivity index (χ4n) is 4.65. The number of aromatic nitrogens is 2. The number of nitrogens with two attached hydrogens (primary N) is 2. The Hall–Kier alpha value is -2.86. The van der Waals surface area contributed by atoms with Crippen LogP contribution in [0, 0.1) is 25.2 Å². The smallest absolute Gasteiger partial charge is 0.350 e. The molecule has 8 nitrogen and oxygen atoms in total. The van der Waals surface area contributed by atoms with Crippen molar-refractivity contribution in [2.45, 2.75) is 57.7 Å².